The van der Waals surface area contributed by atoms with Crippen molar-refractivity contribution >= 4 is 29.1 Å². The van der Waals surface area contributed by atoms with E-state index in [-0.39, 0.29) is 16.4 Å². The van der Waals surface area contributed by atoms with Gasteiger partial charge in [-0.25, -0.2) is 4.98 Å². The van der Waals surface area contributed by atoms with Crippen LogP contribution in [-0.4, -0.2) is 46.9 Å². The molecule has 0 unspecified atom stereocenters. The number of hydrogen-bond acceptors (Lipinski definition) is 5. The number of phenolic OH excluding ortho intramolecular Hbond substituents is 1. The number of pyridine rings is 1. The first-order valence-electron chi connectivity index (χ1n) is 10.8. The minimum Gasteiger partial charge on any atom is -0.633 e. The van der Waals surface area contributed by atoms with E-state index in [0.717, 1.165) is 24.1 Å². The number of quaternary nitrogens is 1. The van der Waals surface area contributed by atoms with E-state index in [2.05, 4.69) is 15.3 Å². The molecule has 9 heteroatoms. The molecule has 1 aliphatic rings. The summed E-state index contributed by atoms with van der Waals surface area (Å²) >= 11 is 6.20. The molecule has 0 bridgehead atoms. The fourth-order valence-electron chi connectivity index (χ4n) is 3.74. The molecule has 33 heavy (non-hydrogen) atoms. The number of ether oxygens (including phenoxy) is 1. The van der Waals surface area contributed by atoms with Gasteiger partial charge in [-0.15, -0.1) is 0 Å². The summed E-state index contributed by atoms with van der Waals surface area (Å²) in [6.45, 7) is 2.25. The molecule has 1 aliphatic heterocycles. The van der Waals surface area contributed by atoms with Gasteiger partial charge in [-0.1, -0.05) is 11.6 Å². The summed E-state index contributed by atoms with van der Waals surface area (Å²) in [5.41, 5.74) is 8.20. The van der Waals surface area contributed by atoms with Crippen LogP contribution in [0.5, 0.6) is 11.5 Å². The zero-order valence-corrected chi connectivity index (χ0v) is 18.8. The molecule has 1 fully saturated rings. The number of aliphatic imine (C=N–C) groups is 1. The molecule has 0 saturated carbocycles. The Morgan fingerprint density at radius 1 is 1.15 bits per heavy atom. The number of guanidine groups is 1. The van der Waals surface area contributed by atoms with E-state index in [0.29, 0.717) is 48.4 Å². The second-order valence-electron chi connectivity index (χ2n) is 8.00. The van der Waals surface area contributed by atoms with Crippen molar-refractivity contribution in [1.82, 2.24) is 4.98 Å². The van der Waals surface area contributed by atoms with Crippen molar-refractivity contribution in [2.45, 2.75) is 12.8 Å². The smallest absolute Gasteiger partial charge is 0.199 e. The summed E-state index contributed by atoms with van der Waals surface area (Å²) in [5.74, 6) is 1.44. The lowest BCUT2D eigenvalue weighted by atomic mass is 10.1. The van der Waals surface area contributed by atoms with Crippen LogP contribution in [0, 0.1) is 5.21 Å². The molecular weight excluding hydrogens is 442 g/mol. The molecule has 1 aromatic heterocycles. The minimum absolute atomic E-state index is 0.128. The number of anilines is 1. The van der Waals surface area contributed by atoms with E-state index in [9.17, 15) is 10.3 Å². The predicted octanol–water partition coefficient (Wildman–Crippen LogP) is 4.65. The van der Waals surface area contributed by atoms with Crippen molar-refractivity contribution in [1.29, 1.82) is 0 Å². The fourth-order valence-corrected chi connectivity index (χ4v) is 3.97. The number of aromatic nitrogens is 1. The molecule has 1 saturated heterocycles. The zero-order valence-electron chi connectivity index (χ0n) is 18.1. The van der Waals surface area contributed by atoms with Gasteiger partial charge in [-0.05, 0) is 54.6 Å². The molecular formula is C24H26ClN5O3. The van der Waals surface area contributed by atoms with E-state index in [1.54, 1.807) is 24.4 Å². The van der Waals surface area contributed by atoms with Crippen LogP contribution in [0.2, 0.25) is 5.02 Å². The van der Waals surface area contributed by atoms with Gasteiger partial charge in [0.25, 0.3) is 0 Å². The minimum atomic E-state index is -0.150. The van der Waals surface area contributed by atoms with E-state index in [1.165, 1.54) is 6.07 Å². The van der Waals surface area contributed by atoms with E-state index < -0.39 is 0 Å². The molecule has 0 atom stereocenters. The lowest BCUT2D eigenvalue weighted by Crippen LogP contribution is -2.42. The summed E-state index contributed by atoms with van der Waals surface area (Å²) < 4.78 is 5.56. The van der Waals surface area contributed by atoms with Crippen LogP contribution in [0.4, 0.5) is 11.5 Å². The number of nitrogens with one attached hydrogen (secondary N) is 1. The zero-order chi connectivity index (χ0) is 23.3. The second kappa shape index (κ2) is 10.1. The van der Waals surface area contributed by atoms with Gasteiger partial charge in [0, 0.05) is 40.9 Å². The first-order valence-corrected chi connectivity index (χ1v) is 11.1. The van der Waals surface area contributed by atoms with Gasteiger partial charge in [0.2, 0.25) is 0 Å². The Labute approximate surface area is 197 Å². The quantitative estimate of drug-likeness (QED) is 0.201. The largest absolute Gasteiger partial charge is 0.633 e. The molecule has 0 radical (unpaired) electrons. The molecule has 8 nitrogen and oxygen atoms in total. The highest BCUT2D eigenvalue weighted by molar-refractivity contribution is 6.33. The number of nitrogens with zero attached hydrogens (tertiary/aromatic N) is 3. The van der Waals surface area contributed by atoms with Gasteiger partial charge >= 0.3 is 0 Å². The van der Waals surface area contributed by atoms with E-state index in [1.807, 2.05) is 30.3 Å². The summed E-state index contributed by atoms with van der Waals surface area (Å²) in [6, 6.07) is 15.6. The van der Waals surface area contributed by atoms with Gasteiger partial charge in [0.1, 0.15) is 24.7 Å². The highest BCUT2D eigenvalue weighted by Gasteiger charge is 2.22. The van der Waals surface area contributed by atoms with Crippen molar-refractivity contribution in [3.63, 3.8) is 0 Å². The monoisotopic (exact) mass is 467 g/mol. The van der Waals surface area contributed by atoms with Crippen molar-refractivity contribution in [2.24, 2.45) is 10.7 Å². The van der Waals surface area contributed by atoms with Crippen LogP contribution < -0.4 is 15.8 Å². The second-order valence-corrected chi connectivity index (χ2v) is 8.41. The standard InChI is InChI=1S/C24H26ClN5O3/c25-22-9-6-19(31)15-21(22)17-3-10-23(27-16-17)29-24(26)28-18-4-7-20(8-5-18)33-14-13-30(32)11-1-2-12-30/h3-10,15-16,31H,1-2,11-14H2,(H3,26,27,28,29). The van der Waals surface area contributed by atoms with Gasteiger partial charge in [0.15, 0.2) is 11.8 Å². The van der Waals surface area contributed by atoms with Crippen LogP contribution in [0.3, 0.4) is 0 Å². The number of benzene rings is 2. The van der Waals surface area contributed by atoms with Crippen LogP contribution in [0.1, 0.15) is 12.8 Å². The molecule has 172 valence electrons. The molecule has 2 heterocycles. The highest BCUT2D eigenvalue weighted by atomic mass is 35.5. The maximum Gasteiger partial charge on any atom is 0.199 e. The maximum atomic E-state index is 12.3. The average molecular weight is 468 g/mol. The molecule has 0 spiro atoms. The molecule has 4 N–H and O–H groups in total. The maximum absolute atomic E-state index is 12.3. The lowest BCUT2D eigenvalue weighted by molar-refractivity contribution is -0.868. The molecule has 0 aliphatic carbocycles. The van der Waals surface area contributed by atoms with E-state index >= 15 is 0 Å². The van der Waals surface area contributed by atoms with Crippen LogP contribution in [0.25, 0.3) is 11.1 Å². The van der Waals surface area contributed by atoms with Crippen molar-refractivity contribution in [3.05, 3.63) is 71.0 Å². The number of phenols is 1. The van der Waals surface area contributed by atoms with E-state index in [4.69, 9.17) is 22.1 Å². The Bertz CT molecular complexity index is 1110. The predicted molar refractivity (Wildman–Crippen MR) is 131 cm³/mol. The number of nitrogens with two attached hydrogens (primary N) is 1. The number of hydroxylamine groups is 3. The van der Waals surface area contributed by atoms with Crippen molar-refractivity contribution in [2.75, 3.05) is 31.6 Å². The highest BCUT2D eigenvalue weighted by Crippen LogP contribution is 2.31. The topological polar surface area (TPSA) is 116 Å². The summed E-state index contributed by atoms with van der Waals surface area (Å²) in [4.78, 5) is 8.57. The average Bonchev–Trinajstić information content (AvgIpc) is 3.23. The molecule has 2 aromatic carbocycles. The Kier molecular flexibility index (Phi) is 6.98. The SMILES string of the molecule is NC(=Nc1ccc(-c2cc(O)ccc2Cl)cn1)Nc1ccc(OCC[N+]2([O-])CCCC2)cc1. The Morgan fingerprint density at radius 2 is 1.91 bits per heavy atom. The van der Waals surface area contributed by atoms with Crippen LogP contribution in [0.15, 0.2) is 65.8 Å². The Morgan fingerprint density at radius 3 is 2.61 bits per heavy atom. The van der Waals surface area contributed by atoms with Gasteiger partial charge in [-0.3, -0.25) is 0 Å². The van der Waals surface area contributed by atoms with Crippen LogP contribution in [-0.2, 0) is 0 Å². The number of rotatable bonds is 7. The Hall–Kier alpha value is -3.33. The first kappa shape index (κ1) is 22.8. The Balaban J connectivity index is 1.32. The number of hydrogen-bond donors (Lipinski definition) is 3. The van der Waals surface area contributed by atoms with Gasteiger partial charge in [-0.2, -0.15) is 4.99 Å². The molecule has 0 amide bonds. The third-order valence-corrected chi connectivity index (χ3v) is 5.85. The lowest BCUT2D eigenvalue weighted by Gasteiger charge is -2.38. The summed E-state index contributed by atoms with van der Waals surface area (Å²) in [5, 5.41) is 25.5. The number of aromatic hydroxyl groups is 1. The molecule has 4 rings (SSSR count). The number of likely N-dealkylation sites (tertiary alicyclic amines) is 1. The number of halogens is 1. The fraction of sp³-hybridized carbons (Fsp3) is 0.250. The third-order valence-electron chi connectivity index (χ3n) is 5.52. The normalized spacial score (nSPS) is 15.4. The van der Waals surface area contributed by atoms with Gasteiger partial charge in [0.05, 0.1) is 13.1 Å². The van der Waals surface area contributed by atoms with Crippen molar-refractivity contribution < 1.29 is 14.5 Å². The first-order chi connectivity index (χ1) is 15.9. The summed E-state index contributed by atoms with van der Waals surface area (Å²) in [6.07, 6.45) is 3.62. The van der Waals surface area contributed by atoms with Crippen molar-refractivity contribution in [3.8, 4) is 22.6 Å². The summed E-state index contributed by atoms with van der Waals surface area (Å²) in [7, 11) is 0. The van der Waals surface area contributed by atoms with Crippen LogP contribution >= 0.6 is 11.6 Å². The molecule has 3 aromatic rings. The third kappa shape index (κ3) is 6.13. The van der Waals surface area contributed by atoms with Gasteiger partial charge < -0.3 is 30.7 Å².